The molecule has 0 radical (unpaired) electrons. The van der Waals surface area contributed by atoms with E-state index in [-0.39, 0.29) is 17.4 Å². The lowest BCUT2D eigenvalue weighted by Gasteiger charge is -2.31. The number of likely N-dealkylation sites (tertiary alicyclic amines) is 1. The first-order valence-corrected chi connectivity index (χ1v) is 7.76. The summed E-state index contributed by atoms with van der Waals surface area (Å²) in [6.07, 6.45) is 2.91. The molecule has 0 saturated carbocycles. The van der Waals surface area contributed by atoms with E-state index in [4.69, 9.17) is 10.5 Å². The van der Waals surface area contributed by atoms with Crippen LogP contribution in [-0.4, -0.2) is 29.5 Å². The van der Waals surface area contributed by atoms with Crippen LogP contribution >= 0.6 is 0 Å². The second kappa shape index (κ2) is 5.34. The number of fused-ring (bicyclic) bond motifs is 1. The van der Waals surface area contributed by atoms with Crippen molar-refractivity contribution in [2.24, 2.45) is 11.7 Å². The van der Waals surface area contributed by atoms with Crippen molar-refractivity contribution in [2.45, 2.75) is 45.3 Å². The Morgan fingerprint density at radius 1 is 1.48 bits per heavy atom. The van der Waals surface area contributed by atoms with Crippen LogP contribution in [0.4, 0.5) is 0 Å². The number of nitrogens with two attached hydrogens (primary N) is 1. The molecular weight excluding hydrogens is 264 g/mol. The highest BCUT2D eigenvalue weighted by atomic mass is 16.5. The van der Waals surface area contributed by atoms with E-state index in [9.17, 15) is 4.79 Å². The minimum absolute atomic E-state index is 0.00660. The molecule has 0 bridgehead atoms. The van der Waals surface area contributed by atoms with Gasteiger partial charge in [0.05, 0.1) is 5.92 Å². The molecular formula is C17H24N2O2. The van der Waals surface area contributed by atoms with Crippen LogP contribution in [0, 0.1) is 5.92 Å². The third kappa shape index (κ3) is 3.05. The average molecular weight is 288 g/mol. The molecule has 1 unspecified atom stereocenters. The van der Waals surface area contributed by atoms with Gasteiger partial charge in [0, 0.05) is 25.1 Å². The Kier molecular flexibility index (Phi) is 3.66. The molecule has 2 N–H and O–H groups in total. The largest absolute Gasteiger partial charge is 0.487 e. The second-order valence-electron chi connectivity index (χ2n) is 6.92. The fourth-order valence-corrected chi connectivity index (χ4v) is 3.48. The van der Waals surface area contributed by atoms with E-state index in [1.54, 1.807) is 0 Å². The molecule has 114 valence electrons. The van der Waals surface area contributed by atoms with Gasteiger partial charge in [-0.25, -0.2) is 0 Å². The zero-order valence-electron chi connectivity index (χ0n) is 12.9. The van der Waals surface area contributed by atoms with Gasteiger partial charge in [-0.2, -0.15) is 0 Å². The van der Waals surface area contributed by atoms with Gasteiger partial charge in [0.25, 0.3) is 0 Å². The number of carbonyl (C=O) groups excluding carboxylic acids is 1. The zero-order valence-corrected chi connectivity index (χ0v) is 12.9. The first kappa shape index (κ1) is 14.4. The number of para-hydroxylation sites is 1. The number of hydrogen-bond acceptors (Lipinski definition) is 3. The SMILES string of the molecule is CC1(C)Cc2cccc(CN3CCCC(C(N)=O)C3)c2O1. The van der Waals surface area contributed by atoms with Crippen molar-refractivity contribution in [2.75, 3.05) is 13.1 Å². The summed E-state index contributed by atoms with van der Waals surface area (Å²) in [4.78, 5) is 13.7. The highest BCUT2D eigenvalue weighted by Gasteiger charge is 2.32. The molecule has 1 amide bonds. The molecule has 0 aromatic heterocycles. The molecule has 2 aliphatic heterocycles. The van der Waals surface area contributed by atoms with Crippen LogP contribution in [-0.2, 0) is 17.8 Å². The number of nitrogens with zero attached hydrogens (tertiary/aromatic N) is 1. The van der Waals surface area contributed by atoms with E-state index in [1.807, 2.05) is 0 Å². The number of rotatable bonds is 3. The predicted molar refractivity (Wildman–Crippen MR) is 82.0 cm³/mol. The molecule has 0 spiro atoms. The van der Waals surface area contributed by atoms with Gasteiger partial charge in [-0.3, -0.25) is 9.69 Å². The molecule has 3 rings (SSSR count). The topological polar surface area (TPSA) is 55.6 Å². The van der Waals surface area contributed by atoms with Crippen molar-refractivity contribution in [1.82, 2.24) is 4.90 Å². The molecule has 1 aromatic carbocycles. The van der Waals surface area contributed by atoms with E-state index in [1.165, 1.54) is 11.1 Å². The van der Waals surface area contributed by atoms with E-state index in [0.717, 1.165) is 44.6 Å². The Morgan fingerprint density at radius 2 is 2.29 bits per heavy atom. The van der Waals surface area contributed by atoms with Crippen LogP contribution in [0.2, 0.25) is 0 Å². The highest BCUT2D eigenvalue weighted by molar-refractivity contribution is 5.76. The van der Waals surface area contributed by atoms with Gasteiger partial charge in [-0.15, -0.1) is 0 Å². The molecule has 1 atom stereocenters. The predicted octanol–water partition coefficient (Wildman–Crippen LogP) is 2.10. The van der Waals surface area contributed by atoms with Crippen molar-refractivity contribution >= 4 is 5.91 Å². The van der Waals surface area contributed by atoms with E-state index < -0.39 is 0 Å². The van der Waals surface area contributed by atoms with Crippen molar-refractivity contribution in [3.63, 3.8) is 0 Å². The Morgan fingerprint density at radius 3 is 3.05 bits per heavy atom. The Balaban J connectivity index is 1.75. The Hall–Kier alpha value is -1.55. The summed E-state index contributed by atoms with van der Waals surface area (Å²) in [5.74, 6) is 0.868. The lowest BCUT2D eigenvalue weighted by Crippen LogP contribution is -2.40. The van der Waals surface area contributed by atoms with Crippen LogP contribution in [0.5, 0.6) is 5.75 Å². The van der Waals surface area contributed by atoms with Crippen LogP contribution in [0.1, 0.15) is 37.8 Å². The molecule has 4 nitrogen and oxygen atoms in total. The average Bonchev–Trinajstić information content (AvgIpc) is 2.74. The van der Waals surface area contributed by atoms with Crippen molar-refractivity contribution in [1.29, 1.82) is 0 Å². The summed E-state index contributed by atoms with van der Waals surface area (Å²) in [7, 11) is 0. The van der Waals surface area contributed by atoms with Crippen LogP contribution in [0.15, 0.2) is 18.2 Å². The third-order valence-corrected chi connectivity index (χ3v) is 4.47. The summed E-state index contributed by atoms with van der Waals surface area (Å²) in [5.41, 5.74) is 7.86. The van der Waals surface area contributed by atoms with Gasteiger partial charge in [0.2, 0.25) is 5.91 Å². The van der Waals surface area contributed by atoms with E-state index >= 15 is 0 Å². The minimum Gasteiger partial charge on any atom is -0.487 e. The molecule has 1 fully saturated rings. The number of amides is 1. The lowest BCUT2D eigenvalue weighted by atomic mass is 9.96. The Labute approximate surface area is 126 Å². The molecule has 1 saturated heterocycles. The molecule has 4 heteroatoms. The van der Waals surface area contributed by atoms with Gasteiger partial charge < -0.3 is 10.5 Å². The highest BCUT2D eigenvalue weighted by Crippen LogP contribution is 2.38. The summed E-state index contributed by atoms with van der Waals surface area (Å²) < 4.78 is 6.12. The zero-order chi connectivity index (χ0) is 15.0. The molecule has 1 aromatic rings. The number of benzene rings is 1. The van der Waals surface area contributed by atoms with E-state index in [0.29, 0.717) is 0 Å². The fraction of sp³-hybridized carbons (Fsp3) is 0.588. The minimum atomic E-state index is -0.171. The lowest BCUT2D eigenvalue weighted by molar-refractivity contribution is -0.123. The monoisotopic (exact) mass is 288 g/mol. The standard InChI is InChI=1S/C17H24N2O2/c1-17(2)9-12-5-3-6-13(15(12)21-17)10-19-8-4-7-14(11-19)16(18)20/h3,5-6,14H,4,7-11H2,1-2H3,(H2,18,20). The van der Waals surface area contributed by atoms with Crippen molar-refractivity contribution in [3.05, 3.63) is 29.3 Å². The van der Waals surface area contributed by atoms with Gasteiger partial charge in [-0.1, -0.05) is 18.2 Å². The smallest absolute Gasteiger partial charge is 0.221 e. The fourth-order valence-electron chi connectivity index (χ4n) is 3.48. The second-order valence-corrected chi connectivity index (χ2v) is 6.92. The summed E-state index contributed by atoms with van der Waals surface area (Å²) in [6.45, 7) is 6.88. The quantitative estimate of drug-likeness (QED) is 0.926. The van der Waals surface area contributed by atoms with Crippen LogP contribution < -0.4 is 10.5 Å². The van der Waals surface area contributed by atoms with Gasteiger partial charge in [0.15, 0.2) is 0 Å². The maximum absolute atomic E-state index is 11.4. The number of primary amides is 1. The number of ether oxygens (including phenoxy) is 1. The Bertz CT molecular complexity index is 554. The van der Waals surface area contributed by atoms with Gasteiger partial charge in [-0.05, 0) is 38.8 Å². The number of piperidine rings is 1. The molecule has 0 aliphatic carbocycles. The molecule has 21 heavy (non-hydrogen) atoms. The van der Waals surface area contributed by atoms with Crippen molar-refractivity contribution in [3.8, 4) is 5.75 Å². The van der Waals surface area contributed by atoms with Gasteiger partial charge >= 0.3 is 0 Å². The summed E-state index contributed by atoms with van der Waals surface area (Å²) >= 11 is 0. The normalized spacial score (nSPS) is 24.4. The first-order chi connectivity index (χ1) is 9.94. The number of hydrogen-bond donors (Lipinski definition) is 1. The molecule has 2 aliphatic rings. The van der Waals surface area contributed by atoms with Gasteiger partial charge in [0.1, 0.15) is 11.4 Å². The summed E-state index contributed by atoms with van der Waals surface area (Å²) in [6, 6.07) is 6.39. The molecule has 2 heterocycles. The van der Waals surface area contributed by atoms with Crippen LogP contribution in [0.25, 0.3) is 0 Å². The summed E-state index contributed by atoms with van der Waals surface area (Å²) in [5, 5.41) is 0. The maximum Gasteiger partial charge on any atom is 0.221 e. The maximum atomic E-state index is 11.4. The van der Waals surface area contributed by atoms with Crippen LogP contribution in [0.3, 0.4) is 0 Å². The van der Waals surface area contributed by atoms with E-state index in [2.05, 4.69) is 36.9 Å². The first-order valence-electron chi connectivity index (χ1n) is 7.76. The van der Waals surface area contributed by atoms with Crippen molar-refractivity contribution < 1.29 is 9.53 Å². The number of carbonyl (C=O) groups is 1. The third-order valence-electron chi connectivity index (χ3n) is 4.47.